The van der Waals surface area contributed by atoms with Crippen LogP contribution in [-0.4, -0.2) is 5.78 Å². The van der Waals surface area contributed by atoms with Crippen molar-refractivity contribution in [1.82, 2.24) is 0 Å². The van der Waals surface area contributed by atoms with Crippen LogP contribution in [0.25, 0.3) is 0 Å². The maximum Gasteiger partial charge on any atom is 0.152 e. The lowest BCUT2D eigenvalue weighted by atomic mass is 10.1. The largest absolute Gasteiger partial charge is 0.298 e. The number of alkyl halides is 2. The quantitative estimate of drug-likeness (QED) is 0.640. The van der Waals surface area contributed by atoms with E-state index in [4.69, 9.17) is 23.2 Å². The Morgan fingerprint density at radius 3 is 2.71 bits per heavy atom. The van der Waals surface area contributed by atoms with Crippen LogP contribution in [0.5, 0.6) is 0 Å². The molecule has 1 unspecified atom stereocenters. The van der Waals surface area contributed by atoms with Crippen molar-refractivity contribution in [2.75, 3.05) is 0 Å². The molecule has 0 aromatic heterocycles. The fourth-order valence-electron chi connectivity index (χ4n) is 1.11. The molecule has 4 heteroatoms. The number of thiol groups is 1. The molecule has 0 aliphatic heterocycles. The summed E-state index contributed by atoms with van der Waals surface area (Å²) < 4.78 is 0. The first-order valence-electron chi connectivity index (χ1n) is 4.08. The molecule has 0 fully saturated rings. The van der Waals surface area contributed by atoms with Gasteiger partial charge in [-0.3, -0.25) is 4.79 Å². The molecule has 1 aromatic rings. The van der Waals surface area contributed by atoms with Gasteiger partial charge in [-0.2, -0.15) is 0 Å². The lowest BCUT2D eigenvalue weighted by Crippen LogP contribution is -2.03. The average molecular weight is 249 g/mol. The number of hydrogen-bond acceptors (Lipinski definition) is 2. The molecule has 1 rings (SSSR count). The molecule has 0 spiro atoms. The highest BCUT2D eigenvalue weighted by molar-refractivity contribution is 7.80. The van der Waals surface area contributed by atoms with Crippen LogP contribution in [0, 0.1) is 0 Å². The van der Waals surface area contributed by atoms with Gasteiger partial charge in [-0.05, 0) is 24.1 Å². The Kier molecular flexibility index (Phi) is 4.30. The molecule has 0 radical (unpaired) electrons. The number of benzene rings is 1. The van der Waals surface area contributed by atoms with E-state index in [2.05, 4.69) is 12.6 Å². The predicted molar refractivity (Wildman–Crippen MR) is 62.5 cm³/mol. The Hall–Kier alpha value is -0.180. The summed E-state index contributed by atoms with van der Waals surface area (Å²) in [5, 5.41) is -0.634. The van der Waals surface area contributed by atoms with Crippen molar-refractivity contribution in [2.45, 2.75) is 23.1 Å². The average Bonchev–Trinajstić information content (AvgIpc) is 2.17. The third-order valence-corrected chi connectivity index (χ3v) is 3.13. The Bertz CT molecular complexity index is 352. The van der Waals surface area contributed by atoms with E-state index in [9.17, 15) is 4.79 Å². The Labute approximate surface area is 98.8 Å². The van der Waals surface area contributed by atoms with Crippen molar-refractivity contribution in [3.63, 3.8) is 0 Å². The second-order valence-corrected chi connectivity index (χ2v) is 4.19. The maximum atomic E-state index is 11.1. The van der Waals surface area contributed by atoms with Gasteiger partial charge in [-0.25, -0.2) is 0 Å². The fourth-order valence-corrected chi connectivity index (χ4v) is 1.80. The topological polar surface area (TPSA) is 17.1 Å². The number of Topliss-reactive ketones (excluding diaryl/α,β-unsaturated/α-hetero) is 1. The summed E-state index contributed by atoms with van der Waals surface area (Å²) in [5.41, 5.74) is 1.66. The normalized spacial score (nSPS) is 12.6. The summed E-state index contributed by atoms with van der Waals surface area (Å²) in [5.74, 6) is 0.316. The molecule has 0 heterocycles. The highest BCUT2D eigenvalue weighted by Gasteiger charge is 2.15. The summed E-state index contributed by atoms with van der Waals surface area (Å²) in [6.07, 6.45) is 0. The minimum atomic E-state index is -0.634. The van der Waals surface area contributed by atoms with Gasteiger partial charge in [0.1, 0.15) is 5.38 Å². The molecule has 0 aliphatic carbocycles. The van der Waals surface area contributed by atoms with Crippen molar-refractivity contribution >= 4 is 41.6 Å². The fraction of sp³-hybridized carbons (Fsp3) is 0.300. The molecule has 0 saturated heterocycles. The van der Waals surface area contributed by atoms with E-state index in [1.165, 1.54) is 6.92 Å². The molecule has 1 nitrogen and oxygen atoms in total. The van der Waals surface area contributed by atoms with Gasteiger partial charge in [-0.15, -0.1) is 35.8 Å². The van der Waals surface area contributed by atoms with E-state index in [1.807, 2.05) is 12.1 Å². The van der Waals surface area contributed by atoms with Crippen molar-refractivity contribution in [2.24, 2.45) is 0 Å². The van der Waals surface area contributed by atoms with E-state index < -0.39 is 5.38 Å². The third-order valence-electron chi connectivity index (χ3n) is 1.88. The molecule has 1 atom stereocenters. The van der Waals surface area contributed by atoms with Gasteiger partial charge in [-0.1, -0.05) is 12.1 Å². The van der Waals surface area contributed by atoms with Crippen LogP contribution < -0.4 is 0 Å². The van der Waals surface area contributed by atoms with Crippen molar-refractivity contribution in [3.8, 4) is 0 Å². The van der Waals surface area contributed by atoms with E-state index in [0.717, 1.165) is 11.1 Å². The standard InChI is InChI=1S/C10H10Cl2OS/c1-6(13)10(12)8-4-7(5-11)2-3-9(8)14/h2-4,10,14H,5H2,1H3. The van der Waals surface area contributed by atoms with Crippen molar-refractivity contribution < 1.29 is 4.79 Å². The van der Waals surface area contributed by atoms with Gasteiger partial charge < -0.3 is 0 Å². The first-order chi connectivity index (χ1) is 6.56. The smallest absolute Gasteiger partial charge is 0.152 e. The molecule has 0 saturated carbocycles. The number of hydrogen-bond donors (Lipinski definition) is 1. The predicted octanol–water partition coefficient (Wildman–Crippen LogP) is 3.58. The van der Waals surface area contributed by atoms with Crippen molar-refractivity contribution in [1.29, 1.82) is 0 Å². The van der Waals surface area contributed by atoms with Crippen molar-refractivity contribution in [3.05, 3.63) is 29.3 Å². The number of carbonyl (C=O) groups excluding carboxylic acids is 1. The molecule has 1 aromatic carbocycles. The summed E-state index contributed by atoms with van der Waals surface area (Å²) >= 11 is 15.9. The Balaban J connectivity index is 3.11. The van der Waals surface area contributed by atoms with Crippen LogP contribution in [0.1, 0.15) is 23.4 Å². The summed E-state index contributed by atoms with van der Waals surface area (Å²) in [4.78, 5) is 11.8. The van der Waals surface area contributed by atoms with Crippen LogP contribution in [0.15, 0.2) is 23.1 Å². The zero-order valence-electron chi connectivity index (χ0n) is 7.63. The summed E-state index contributed by atoms with van der Waals surface area (Å²) in [6.45, 7) is 1.46. The second kappa shape index (κ2) is 5.06. The van der Waals surface area contributed by atoms with Gasteiger partial charge in [0, 0.05) is 10.8 Å². The van der Waals surface area contributed by atoms with Gasteiger partial charge in [0.25, 0.3) is 0 Å². The van der Waals surface area contributed by atoms with Gasteiger partial charge in [0.15, 0.2) is 5.78 Å². The lowest BCUT2D eigenvalue weighted by Gasteiger charge is -2.10. The minimum Gasteiger partial charge on any atom is -0.298 e. The van der Waals surface area contributed by atoms with Gasteiger partial charge >= 0.3 is 0 Å². The van der Waals surface area contributed by atoms with Crippen LogP contribution in [0.2, 0.25) is 0 Å². The zero-order valence-corrected chi connectivity index (χ0v) is 10.0. The molecular weight excluding hydrogens is 239 g/mol. The molecule has 76 valence electrons. The first kappa shape index (κ1) is 11.9. The van der Waals surface area contributed by atoms with E-state index in [-0.39, 0.29) is 5.78 Å². The van der Waals surface area contributed by atoms with Gasteiger partial charge in [0.05, 0.1) is 0 Å². The Morgan fingerprint density at radius 2 is 2.21 bits per heavy atom. The highest BCUT2D eigenvalue weighted by atomic mass is 35.5. The van der Waals surface area contributed by atoms with E-state index in [1.54, 1.807) is 6.07 Å². The first-order valence-corrected chi connectivity index (χ1v) is 5.50. The summed E-state index contributed by atoms with van der Waals surface area (Å²) in [6, 6.07) is 5.48. The lowest BCUT2D eigenvalue weighted by molar-refractivity contribution is -0.116. The van der Waals surface area contributed by atoms with Crippen LogP contribution in [0.4, 0.5) is 0 Å². The molecule has 0 amide bonds. The Morgan fingerprint density at radius 1 is 1.57 bits per heavy atom. The summed E-state index contributed by atoms with van der Waals surface area (Å²) in [7, 11) is 0. The minimum absolute atomic E-state index is 0.0892. The third kappa shape index (κ3) is 2.66. The zero-order chi connectivity index (χ0) is 10.7. The number of carbonyl (C=O) groups is 1. The number of ketones is 1. The van der Waals surface area contributed by atoms with Gasteiger partial charge in [0.2, 0.25) is 0 Å². The van der Waals surface area contributed by atoms with Crippen LogP contribution in [0.3, 0.4) is 0 Å². The number of rotatable bonds is 3. The van der Waals surface area contributed by atoms with Crippen LogP contribution >= 0.6 is 35.8 Å². The molecule has 0 aliphatic rings. The monoisotopic (exact) mass is 248 g/mol. The maximum absolute atomic E-state index is 11.1. The molecular formula is C10H10Cl2OS. The molecule has 0 N–H and O–H groups in total. The number of halogens is 2. The second-order valence-electron chi connectivity index (χ2n) is 3.00. The molecule has 0 bridgehead atoms. The van der Waals surface area contributed by atoms with E-state index >= 15 is 0 Å². The highest BCUT2D eigenvalue weighted by Crippen LogP contribution is 2.28. The van der Waals surface area contributed by atoms with Crippen LogP contribution in [-0.2, 0) is 10.7 Å². The molecule has 14 heavy (non-hydrogen) atoms. The SMILES string of the molecule is CC(=O)C(Cl)c1cc(CCl)ccc1S. The van der Waals surface area contributed by atoms with E-state index in [0.29, 0.717) is 10.8 Å².